The maximum atomic E-state index is 13.9. The predicted molar refractivity (Wildman–Crippen MR) is 76.0 cm³/mol. The van der Waals surface area contributed by atoms with Crippen LogP contribution in [0.25, 0.3) is 0 Å². The Morgan fingerprint density at radius 1 is 1.42 bits per heavy atom. The molecule has 106 valence electrons. The lowest BCUT2D eigenvalue weighted by Crippen LogP contribution is -2.37. The van der Waals surface area contributed by atoms with Gasteiger partial charge in [-0.3, -0.25) is 4.90 Å². The van der Waals surface area contributed by atoms with Crippen molar-refractivity contribution in [1.29, 1.82) is 0 Å². The van der Waals surface area contributed by atoms with Gasteiger partial charge in [0, 0.05) is 24.7 Å². The Morgan fingerprint density at radius 3 is 2.84 bits per heavy atom. The van der Waals surface area contributed by atoms with E-state index in [1.165, 1.54) is 18.6 Å². The molecule has 2 rings (SSSR count). The van der Waals surface area contributed by atoms with Gasteiger partial charge >= 0.3 is 0 Å². The van der Waals surface area contributed by atoms with Crippen LogP contribution in [0.3, 0.4) is 0 Å². The van der Waals surface area contributed by atoms with Crippen molar-refractivity contribution in [2.75, 3.05) is 19.6 Å². The van der Waals surface area contributed by atoms with Crippen LogP contribution >= 0.6 is 15.9 Å². The summed E-state index contributed by atoms with van der Waals surface area (Å²) in [7, 11) is 0. The first-order valence-electron chi connectivity index (χ1n) is 6.70. The topological polar surface area (TPSA) is 15.3 Å². The lowest BCUT2D eigenvalue weighted by molar-refractivity contribution is 0.246. The van der Waals surface area contributed by atoms with Crippen molar-refractivity contribution in [3.63, 3.8) is 0 Å². The van der Waals surface area contributed by atoms with Crippen LogP contribution in [0, 0.1) is 11.6 Å². The van der Waals surface area contributed by atoms with E-state index in [4.69, 9.17) is 0 Å². The molecule has 0 aromatic heterocycles. The van der Waals surface area contributed by atoms with Gasteiger partial charge in [0.25, 0.3) is 0 Å². The van der Waals surface area contributed by atoms with Crippen molar-refractivity contribution in [2.24, 2.45) is 0 Å². The number of likely N-dealkylation sites (N-methyl/N-ethyl adjacent to an activating group) is 1. The second-order valence-electron chi connectivity index (χ2n) is 4.94. The SMILES string of the molecule is CCN(Cc1c(F)ccc(Br)c1F)CC1CCCN1. The van der Waals surface area contributed by atoms with E-state index in [2.05, 4.69) is 26.1 Å². The van der Waals surface area contributed by atoms with Gasteiger partial charge in [0.2, 0.25) is 0 Å². The molecule has 19 heavy (non-hydrogen) atoms. The molecule has 1 fully saturated rings. The van der Waals surface area contributed by atoms with Crippen molar-refractivity contribution in [1.82, 2.24) is 10.2 Å². The number of hydrogen-bond acceptors (Lipinski definition) is 2. The van der Waals surface area contributed by atoms with E-state index in [0.717, 1.165) is 26.1 Å². The molecule has 1 aromatic carbocycles. The number of rotatable bonds is 5. The van der Waals surface area contributed by atoms with Crippen molar-refractivity contribution in [2.45, 2.75) is 32.4 Å². The van der Waals surface area contributed by atoms with Crippen molar-refractivity contribution in [3.8, 4) is 0 Å². The van der Waals surface area contributed by atoms with Crippen molar-refractivity contribution in [3.05, 3.63) is 33.8 Å². The molecule has 1 N–H and O–H groups in total. The Kier molecular flexibility index (Phi) is 5.30. The minimum absolute atomic E-state index is 0.147. The highest BCUT2D eigenvalue weighted by Gasteiger charge is 2.20. The summed E-state index contributed by atoms with van der Waals surface area (Å²) >= 11 is 3.11. The Labute approximate surface area is 121 Å². The maximum absolute atomic E-state index is 13.9. The van der Waals surface area contributed by atoms with E-state index in [1.54, 1.807) is 0 Å². The fourth-order valence-electron chi connectivity index (χ4n) is 2.47. The number of nitrogens with zero attached hydrogens (tertiary/aromatic N) is 1. The minimum Gasteiger partial charge on any atom is -0.313 e. The number of nitrogens with one attached hydrogen (secondary N) is 1. The molecule has 1 saturated heterocycles. The molecule has 0 amide bonds. The van der Waals surface area contributed by atoms with Gasteiger partial charge in [-0.1, -0.05) is 6.92 Å². The highest BCUT2D eigenvalue weighted by atomic mass is 79.9. The van der Waals surface area contributed by atoms with Crippen LogP contribution in [0.1, 0.15) is 25.3 Å². The van der Waals surface area contributed by atoms with Crippen LogP contribution in [-0.2, 0) is 6.54 Å². The summed E-state index contributed by atoms with van der Waals surface area (Å²) in [6.07, 6.45) is 2.32. The molecule has 1 atom stereocenters. The normalized spacial score (nSPS) is 19.3. The van der Waals surface area contributed by atoms with E-state index < -0.39 is 11.6 Å². The van der Waals surface area contributed by atoms with Gasteiger partial charge in [-0.05, 0) is 54.0 Å². The molecular formula is C14H19BrF2N2. The van der Waals surface area contributed by atoms with Crippen molar-refractivity contribution < 1.29 is 8.78 Å². The highest BCUT2D eigenvalue weighted by molar-refractivity contribution is 9.10. The molecular weight excluding hydrogens is 314 g/mol. The quantitative estimate of drug-likeness (QED) is 0.832. The number of benzene rings is 1. The summed E-state index contributed by atoms with van der Waals surface area (Å²) in [5, 5.41) is 3.41. The van der Waals surface area contributed by atoms with Crippen LogP contribution in [-0.4, -0.2) is 30.6 Å². The fraction of sp³-hybridized carbons (Fsp3) is 0.571. The van der Waals surface area contributed by atoms with E-state index in [9.17, 15) is 8.78 Å². The lowest BCUT2D eigenvalue weighted by Gasteiger charge is -2.24. The second-order valence-corrected chi connectivity index (χ2v) is 5.80. The monoisotopic (exact) mass is 332 g/mol. The van der Waals surface area contributed by atoms with E-state index >= 15 is 0 Å². The first-order valence-corrected chi connectivity index (χ1v) is 7.49. The van der Waals surface area contributed by atoms with Crippen LogP contribution in [0.4, 0.5) is 8.78 Å². The van der Waals surface area contributed by atoms with Gasteiger partial charge in [0.05, 0.1) is 4.47 Å². The summed E-state index contributed by atoms with van der Waals surface area (Å²) in [5.74, 6) is -0.962. The lowest BCUT2D eigenvalue weighted by atomic mass is 10.1. The molecule has 0 spiro atoms. The van der Waals surface area contributed by atoms with Crippen LogP contribution < -0.4 is 5.32 Å². The van der Waals surface area contributed by atoms with Crippen molar-refractivity contribution >= 4 is 15.9 Å². The molecule has 1 aliphatic heterocycles. The van der Waals surface area contributed by atoms with Gasteiger partial charge in [-0.25, -0.2) is 8.78 Å². The molecule has 0 aliphatic carbocycles. The van der Waals surface area contributed by atoms with Crippen LogP contribution in [0.2, 0.25) is 0 Å². The zero-order chi connectivity index (χ0) is 13.8. The molecule has 0 radical (unpaired) electrons. The molecule has 0 bridgehead atoms. The zero-order valence-corrected chi connectivity index (χ0v) is 12.6. The average molecular weight is 333 g/mol. The van der Waals surface area contributed by atoms with Crippen LogP contribution in [0.5, 0.6) is 0 Å². The largest absolute Gasteiger partial charge is 0.313 e. The first kappa shape index (κ1) is 14.9. The predicted octanol–water partition coefficient (Wildman–Crippen LogP) is 3.30. The Bertz CT molecular complexity index is 434. The van der Waals surface area contributed by atoms with E-state index in [-0.39, 0.29) is 5.56 Å². The highest BCUT2D eigenvalue weighted by Crippen LogP contribution is 2.23. The summed E-state index contributed by atoms with van der Waals surface area (Å²) in [4.78, 5) is 2.08. The molecule has 1 heterocycles. The Balaban J connectivity index is 2.07. The number of hydrogen-bond donors (Lipinski definition) is 1. The van der Waals surface area contributed by atoms with Gasteiger partial charge in [0.1, 0.15) is 11.6 Å². The molecule has 1 aliphatic rings. The maximum Gasteiger partial charge on any atom is 0.144 e. The molecule has 1 unspecified atom stereocenters. The third-order valence-electron chi connectivity index (χ3n) is 3.61. The first-order chi connectivity index (χ1) is 9.11. The molecule has 0 saturated carbocycles. The van der Waals surface area contributed by atoms with Gasteiger partial charge < -0.3 is 5.32 Å². The Hall–Kier alpha value is -0.520. The summed E-state index contributed by atoms with van der Waals surface area (Å²) in [5.41, 5.74) is 0.147. The third kappa shape index (κ3) is 3.74. The zero-order valence-electron chi connectivity index (χ0n) is 11.1. The molecule has 1 aromatic rings. The van der Waals surface area contributed by atoms with Gasteiger partial charge in [0.15, 0.2) is 0 Å². The third-order valence-corrected chi connectivity index (χ3v) is 4.22. The standard InChI is InChI=1S/C14H19BrF2N2/c1-2-19(8-10-4-3-7-18-10)9-11-13(16)6-5-12(15)14(11)17/h5-6,10,18H,2-4,7-9H2,1H3. The van der Waals surface area contributed by atoms with Crippen LogP contribution in [0.15, 0.2) is 16.6 Å². The second kappa shape index (κ2) is 6.77. The number of halogens is 3. The summed E-state index contributed by atoms with van der Waals surface area (Å²) < 4.78 is 28.0. The molecule has 5 heteroatoms. The minimum atomic E-state index is -0.488. The fourth-order valence-corrected chi connectivity index (χ4v) is 2.84. The average Bonchev–Trinajstić information content (AvgIpc) is 2.90. The summed E-state index contributed by atoms with van der Waals surface area (Å²) in [6, 6.07) is 3.16. The Morgan fingerprint density at radius 2 is 2.21 bits per heavy atom. The smallest absolute Gasteiger partial charge is 0.144 e. The van der Waals surface area contributed by atoms with Gasteiger partial charge in [-0.2, -0.15) is 0 Å². The van der Waals surface area contributed by atoms with Gasteiger partial charge in [-0.15, -0.1) is 0 Å². The molecule has 2 nitrogen and oxygen atoms in total. The van der Waals surface area contributed by atoms with E-state index in [0.29, 0.717) is 17.1 Å². The summed E-state index contributed by atoms with van der Waals surface area (Å²) in [6.45, 7) is 4.99. The van der Waals surface area contributed by atoms with E-state index in [1.807, 2.05) is 6.92 Å².